The molecule has 3 nitrogen and oxygen atoms in total. The SMILES string of the molecule is O=S(=O)(Nc1ccc(Br)c(F)c1)c1c(F)cc(F)cc1F. The van der Waals surface area contributed by atoms with Crippen molar-refractivity contribution < 1.29 is 26.0 Å². The molecule has 21 heavy (non-hydrogen) atoms. The van der Waals surface area contributed by atoms with E-state index in [-0.39, 0.29) is 22.3 Å². The molecule has 9 heteroatoms. The summed E-state index contributed by atoms with van der Waals surface area (Å²) < 4.78 is 78.7. The molecule has 0 aliphatic carbocycles. The molecule has 112 valence electrons. The molecule has 1 N–H and O–H groups in total. The fourth-order valence-corrected chi connectivity index (χ4v) is 2.97. The zero-order valence-corrected chi connectivity index (χ0v) is 12.4. The van der Waals surface area contributed by atoms with Crippen LogP contribution in [0.4, 0.5) is 23.2 Å². The number of halogens is 5. The quantitative estimate of drug-likeness (QED) is 0.819. The Hall–Kier alpha value is -1.61. The Morgan fingerprint density at radius 3 is 2.00 bits per heavy atom. The molecule has 2 aromatic rings. The van der Waals surface area contributed by atoms with Crippen molar-refractivity contribution in [1.29, 1.82) is 0 Å². The van der Waals surface area contributed by atoms with Gasteiger partial charge in [0, 0.05) is 12.1 Å². The maximum Gasteiger partial charge on any atom is 0.267 e. The topological polar surface area (TPSA) is 46.2 Å². The van der Waals surface area contributed by atoms with Crippen LogP contribution in [-0.4, -0.2) is 8.42 Å². The first kappa shape index (κ1) is 15.8. The number of nitrogens with one attached hydrogen (secondary N) is 1. The summed E-state index contributed by atoms with van der Waals surface area (Å²) in [7, 11) is -4.67. The minimum atomic E-state index is -4.67. The van der Waals surface area contributed by atoms with Crippen LogP contribution in [0, 0.1) is 23.3 Å². The van der Waals surface area contributed by atoms with Gasteiger partial charge >= 0.3 is 0 Å². The van der Waals surface area contributed by atoms with Gasteiger partial charge in [-0.15, -0.1) is 0 Å². The molecule has 0 bridgehead atoms. The van der Waals surface area contributed by atoms with Crippen molar-refractivity contribution in [3.05, 3.63) is 58.1 Å². The van der Waals surface area contributed by atoms with E-state index in [1.165, 1.54) is 12.1 Å². The molecule has 0 saturated carbocycles. The van der Waals surface area contributed by atoms with Gasteiger partial charge in [0.1, 0.15) is 23.3 Å². The number of anilines is 1. The molecule has 0 saturated heterocycles. The predicted octanol–water partition coefficient (Wildman–Crippen LogP) is 3.81. The highest BCUT2D eigenvalue weighted by atomic mass is 79.9. The van der Waals surface area contributed by atoms with Gasteiger partial charge in [0.25, 0.3) is 10.0 Å². The lowest BCUT2D eigenvalue weighted by atomic mass is 10.3. The second-order valence-electron chi connectivity index (χ2n) is 3.93. The van der Waals surface area contributed by atoms with Crippen LogP contribution in [0.1, 0.15) is 0 Å². The van der Waals surface area contributed by atoms with Crippen LogP contribution >= 0.6 is 15.9 Å². The van der Waals surface area contributed by atoms with Gasteiger partial charge in [-0.3, -0.25) is 4.72 Å². The molecule has 0 fully saturated rings. The smallest absolute Gasteiger partial charge is 0.267 e. The van der Waals surface area contributed by atoms with Crippen molar-refractivity contribution in [3.63, 3.8) is 0 Å². The second-order valence-corrected chi connectivity index (χ2v) is 6.41. The molecular weight excluding hydrogens is 378 g/mol. The molecule has 2 rings (SSSR count). The first-order valence-corrected chi connectivity index (χ1v) is 7.61. The molecular formula is C12H6BrF4NO2S. The Balaban J connectivity index is 2.46. The monoisotopic (exact) mass is 383 g/mol. The lowest BCUT2D eigenvalue weighted by molar-refractivity contribution is 0.498. The van der Waals surface area contributed by atoms with Gasteiger partial charge in [-0.2, -0.15) is 0 Å². The fraction of sp³-hybridized carbons (Fsp3) is 0. The molecule has 0 spiro atoms. The van der Waals surface area contributed by atoms with Crippen molar-refractivity contribution in [1.82, 2.24) is 0 Å². The zero-order valence-electron chi connectivity index (χ0n) is 10.0. The van der Waals surface area contributed by atoms with Crippen LogP contribution in [0.25, 0.3) is 0 Å². The minimum Gasteiger partial charge on any atom is -0.279 e. The highest BCUT2D eigenvalue weighted by Crippen LogP contribution is 2.25. The van der Waals surface area contributed by atoms with Crippen molar-refractivity contribution in [2.24, 2.45) is 0 Å². The third-order valence-corrected chi connectivity index (χ3v) is 4.48. The van der Waals surface area contributed by atoms with Crippen molar-refractivity contribution in [2.75, 3.05) is 4.72 Å². The van der Waals surface area contributed by atoms with E-state index in [0.717, 1.165) is 6.07 Å². The molecule has 0 atom stereocenters. The standard InChI is InChI=1S/C12H6BrF4NO2S/c13-8-2-1-7(5-9(8)15)18-21(19,20)12-10(16)3-6(14)4-11(12)17/h1-5,18H. The second kappa shape index (κ2) is 5.64. The van der Waals surface area contributed by atoms with E-state index in [1.807, 2.05) is 4.72 Å². The predicted molar refractivity (Wildman–Crippen MR) is 71.2 cm³/mol. The van der Waals surface area contributed by atoms with Gasteiger partial charge in [-0.25, -0.2) is 26.0 Å². The highest BCUT2D eigenvalue weighted by Gasteiger charge is 2.25. The molecule has 2 aromatic carbocycles. The largest absolute Gasteiger partial charge is 0.279 e. The Bertz CT molecular complexity index is 788. The van der Waals surface area contributed by atoms with Crippen LogP contribution < -0.4 is 4.72 Å². The Kier molecular flexibility index (Phi) is 4.24. The van der Waals surface area contributed by atoms with Crippen molar-refractivity contribution >= 4 is 31.6 Å². The Morgan fingerprint density at radius 2 is 1.48 bits per heavy atom. The van der Waals surface area contributed by atoms with Crippen LogP contribution in [0.2, 0.25) is 0 Å². The summed E-state index contributed by atoms with van der Waals surface area (Å²) in [6.45, 7) is 0. The van der Waals surface area contributed by atoms with Gasteiger partial charge in [-0.05, 0) is 34.1 Å². The zero-order chi connectivity index (χ0) is 15.8. The average Bonchev–Trinajstić information content (AvgIpc) is 2.31. The van der Waals surface area contributed by atoms with Crippen LogP contribution in [0.3, 0.4) is 0 Å². The first-order valence-electron chi connectivity index (χ1n) is 5.33. The summed E-state index contributed by atoms with van der Waals surface area (Å²) in [5.41, 5.74) is -0.237. The summed E-state index contributed by atoms with van der Waals surface area (Å²) in [6.07, 6.45) is 0. The van der Waals surface area contributed by atoms with E-state index in [4.69, 9.17) is 0 Å². The van der Waals surface area contributed by atoms with E-state index < -0.39 is 38.2 Å². The molecule has 0 amide bonds. The van der Waals surface area contributed by atoms with E-state index in [2.05, 4.69) is 15.9 Å². The van der Waals surface area contributed by atoms with Gasteiger partial charge in [-0.1, -0.05) is 0 Å². The molecule has 0 unspecified atom stereocenters. The summed E-state index contributed by atoms with van der Waals surface area (Å²) >= 11 is 2.87. The number of hydrogen-bond donors (Lipinski definition) is 1. The van der Waals surface area contributed by atoms with Gasteiger partial charge in [0.05, 0.1) is 10.2 Å². The summed E-state index contributed by atoms with van der Waals surface area (Å²) in [5.74, 6) is -5.19. The number of hydrogen-bond acceptors (Lipinski definition) is 2. The minimum absolute atomic E-state index is 0.0876. The average molecular weight is 384 g/mol. The van der Waals surface area contributed by atoms with E-state index >= 15 is 0 Å². The van der Waals surface area contributed by atoms with Crippen molar-refractivity contribution in [3.8, 4) is 0 Å². The normalized spacial score (nSPS) is 11.5. The number of benzene rings is 2. The van der Waals surface area contributed by atoms with Crippen LogP contribution in [0.15, 0.2) is 39.7 Å². The van der Waals surface area contributed by atoms with E-state index in [9.17, 15) is 26.0 Å². The maximum atomic E-state index is 13.5. The van der Waals surface area contributed by atoms with Crippen LogP contribution in [-0.2, 0) is 10.0 Å². The summed E-state index contributed by atoms with van der Waals surface area (Å²) in [5, 5.41) is 0. The third-order valence-electron chi connectivity index (χ3n) is 2.40. The first-order chi connectivity index (χ1) is 9.70. The van der Waals surface area contributed by atoms with Crippen molar-refractivity contribution in [2.45, 2.75) is 4.90 Å². The fourth-order valence-electron chi connectivity index (χ4n) is 1.55. The Morgan fingerprint density at radius 1 is 0.905 bits per heavy atom. The summed E-state index contributed by atoms with van der Waals surface area (Å²) in [6, 6.07) is 3.69. The molecule has 0 radical (unpaired) electrons. The molecule has 0 aliphatic heterocycles. The summed E-state index contributed by atoms with van der Waals surface area (Å²) in [4.78, 5) is -1.34. The molecule has 0 heterocycles. The third kappa shape index (κ3) is 3.35. The van der Waals surface area contributed by atoms with Crippen LogP contribution in [0.5, 0.6) is 0 Å². The van der Waals surface area contributed by atoms with Gasteiger partial charge in [0.2, 0.25) is 0 Å². The van der Waals surface area contributed by atoms with E-state index in [1.54, 1.807) is 0 Å². The lowest BCUT2D eigenvalue weighted by Gasteiger charge is -2.10. The number of sulfonamides is 1. The molecule has 0 aliphatic rings. The maximum absolute atomic E-state index is 13.5. The lowest BCUT2D eigenvalue weighted by Crippen LogP contribution is -2.17. The van der Waals surface area contributed by atoms with Gasteiger partial charge < -0.3 is 0 Å². The highest BCUT2D eigenvalue weighted by molar-refractivity contribution is 9.10. The Labute approximate surface area is 125 Å². The molecule has 0 aromatic heterocycles. The number of rotatable bonds is 3. The van der Waals surface area contributed by atoms with Gasteiger partial charge in [0.15, 0.2) is 4.90 Å². The van der Waals surface area contributed by atoms with E-state index in [0.29, 0.717) is 0 Å².